The van der Waals surface area contributed by atoms with Crippen molar-refractivity contribution in [1.29, 1.82) is 0 Å². The standard InChI is InChI=1S/C17H21N3/c1-13-19(14-9-6-5-7-10-14)15-11-8-12-18-16(15)20(13)17(2,3)4/h5-13H,1-4H3/t13-/m0/s1. The SMILES string of the molecule is C[C@H]1N(c2ccccc2)c2cccnc2N1C(C)(C)C. The highest BCUT2D eigenvalue weighted by atomic mass is 15.5. The van der Waals surface area contributed by atoms with Crippen LogP contribution in [0.15, 0.2) is 48.7 Å². The van der Waals surface area contributed by atoms with Gasteiger partial charge in [-0.15, -0.1) is 0 Å². The number of hydrogen-bond acceptors (Lipinski definition) is 3. The van der Waals surface area contributed by atoms with E-state index in [4.69, 9.17) is 0 Å². The van der Waals surface area contributed by atoms with Crippen LogP contribution in [0.25, 0.3) is 0 Å². The Labute approximate surface area is 120 Å². The van der Waals surface area contributed by atoms with Gasteiger partial charge in [0.1, 0.15) is 6.17 Å². The van der Waals surface area contributed by atoms with Crippen LogP contribution in [0.4, 0.5) is 17.2 Å². The summed E-state index contributed by atoms with van der Waals surface area (Å²) < 4.78 is 0. The average molecular weight is 267 g/mol. The van der Waals surface area contributed by atoms with Gasteiger partial charge in [0.05, 0.1) is 5.69 Å². The molecule has 0 bridgehead atoms. The normalized spacial score (nSPS) is 18.3. The van der Waals surface area contributed by atoms with E-state index in [2.05, 4.69) is 78.9 Å². The summed E-state index contributed by atoms with van der Waals surface area (Å²) >= 11 is 0. The van der Waals surface area contributed by atoms with Gasteiger partial charge in [0, 0.05) is 17.4 Å². The number of para-hydroxylation sites is 1. The number of aromatic nitrogens is 1. The molecule has 1 aromatic carbocycles. The highest BCUT2D eigenvalue weighted by Crippen LogP contribution is 2.45. The molecule has 3 heteroatoms. The van der Waals surface area contributed by atoms with Crippen molar-refractivity contribution in [2.24, 2.45) is 0 Å². The third-order valence-electron chi connectivity index (χ3n) is 3.76. The maximum atomic E-state index is 4.62. The third-order valence-corrected chi connectivity index (χ3v) is 3.76. The summed E-state index contributed by atoms with van der Waals surface area (Å²) in [7, 11) is 0. The van der Waals surface area contributed by atoms with Crippen LogP contribution < -0.4 is 9.80 Å². The molecule has 104 valence electrons. The van der Waals surface area contributed by atoms with Gasteiger partial charge in [0.2, 0.25) is 0 Å². The minimum absolute atomic E-state index is 0.0338. The summed E-state index contributed by atoms with van der Waals surface area (Å²) in [4.78, 5) is 9.36. The van der Waals surface area contributed by atoms with E-state index in [9.17, 15) is 0 Å². The summed E-state index contributed by atoms with van der Waals surface area (Å²) in [6, 6.07) is 14.7. The Kier molecular flexibility index (Phi) is 2.93. The first kappa shape index (κ1) is 13.0. The monoisotopic (exact) mass is 267 g/mol. The molecule has 20 heavy (non-hydrogen) atoms. The lowest BCUT2D eigenvalue weighted by atomic mass is 10.1. The molecule has 2 aromatic rings. The Morgan fingerprint density at radius 3 is 2.35 bits per heavy atom. The van der Waals surface area contributed by atoms with Crippen molar-refractivity contribution in [3.63, 3.8) is 0 Å². The Morgan fingerprint density at radius 1 is 1.00 bits per heavy atom. The number of benzene rings is 1. The lowest BCUT2D eigenvalue weighted by molar-refractivity contribution is 0.465. The Hall–Kier alpha value is -2.03. The second kappa shape index (κ2) is 4.51. The number of hydrogen-bond donors (Lipinski definition) is 0. The van der Waals surface area contributed by atoms with Crippen LogP contribution in [-0.2, 0) is 0 Å². The lowest BCUT2D eigenvalue weighted by Crippen LogP contribution is -2.49. The second-order valence-corrected chi connectivity index (χ2v) is 6.22. The van der Waals surface area contributed by atoms with Gasteiger partial charge >= 0.3 is 0 Å². The molecule has 2 heterocycles. The first-order chi connectivity index (χ1) is 9.50. The highest BCUT2D eigenvalue weighted by molar-refractivity contribution is 5.81. The van der Waals surface area contributed by atoms with Crippen molar-refractivity contribution in [2.75, 3.05) is 9.80 Å². The fourth-order valence-electron chi connectivity index (χ4n) is 3.08. The minimum atomic E-state index is 0.0338. The number of anilines is 3. The first-order valence-electron chi connectivity index (χ1n) is 7.09. The summed E-state index contributed by atoms with van der Waals surface area (Å²) in [6.07, 6.45) is 2.13. The fourth-order valence-corrected chi connectivity index (χ4v) is 3.08. The molecular weight excluding hydrogens is 246 g/mol. The van der Waals surface area contributed by atoms with Crippen molar-refractivity contribution in [1.82, 2.24) is 4.98 Å². The van der Waals surface area contributed by atoms with E-state index < -0.39 is 0 Å². The summed E-state index contributed by atoms with van der Waals surface area (Å²) in [5, 5.41) is 0. The van der Waals surface area contributed by atoms with Crippen molar-refractivity contribution >= 4 is 17.2 Å². The molecule has 0 N–H and O–H groups in total. The molecule has 1 aliphatic heterocycles. The van der Waals surface area contributed by atoms with Gasteiger partial charge in [-0.05, 0) is 52.0 Å². The number of pyridine rings is 1. The molecule has 0 aliphatic carbocycles. The van der Waals surface area contributed by atoms with Crippen molar-refractivity contribution in [2.45, 2.75) is 39.4 Å². The van der Waals surface area contributed by atoms with Crippen LogP contribution in [0.3, 0.4) is 0 Å². The number of rotatable bonds is 1. The Bertz CT molecular complexity index is 601. The zero-order valence-corrected chi connectivity index (χ0v) is 12.5. The predicted octanol–water partition coefficient (Wildman–Crippen LogP) is 4.18. The van der Waals surface area contributed by atoms with Gasteiger partial charge in [-0.1, -0.05) is 18.2 Å². The third kappa shape index (κ3) is 1.94. The van der Waals surface area contributed by atoms with Crippen LogP contribution in [0, 0.1) is 0 Å². The van der Waals surface area contributed by atoms with Gasteiger partial charge < -0.3 is 9.80 Å². The summed E-state index contributed by atoms with van der Waals surface area (Å²) in [5.41, 5.74) is 2.42. The molecule has 0 fully saturated rings. The van der Waals surface area contributed by atoms with Gasteiger partial charge in [0.15, 0.2) is 5.82 Å². The summed E-state index contributed by atoms with van der Waals surface area (Å²) in [5.74, 6) is 1.07. The van der Waals surface area contributed by atoms with E-state index in [0.717, 1.165) is 5.82 Å². The predicted molar refractivity (Wildman–Crippen MR) is 84.5 cm³/mol. The maximum absolute atomic E-state index is 4.62. The Balaban J connectivity index is 2.14. The van der Waals surface area contributed by atoms with Crippen molar-refractivity contribution < 1.29 is 0 Å². The minimum Gasteiger partial charge on any atom is -0.329 e. The largest absolute Gasteiger partial charge is 0.329 e. The molecule has 1 atom stereocenters. The fraction of sp³-hybridized carbons (Fsp3) is 0.353. The van der Waals surface area contributed by atoms with E-state index >= 15 is 0 Å². The van der Waals surface area contributed by atoms with Gasteiger partial charge in [-0.3, -0.25) is 0 Å². The van der Waals surface area contributed by atoms with Gasteiger partial charge in [0.25, 0.3) is 0 Å². The molecule has 0 spiro atoms. The zero-order valence-electron chi connectivity index (χ0n) is 12.5. The topological polar surface area (TPSA) is 19.4 Å². The van der Waals surface area contributed by atoms with E-state index in [0.29, 0.717) is 0 Å². The molecule has 1 aromatic heterocycles. The first-order valence-corrected chi connectivity index (χ1v) is 7.09. The molecule has 0 unspecified atom stereocenters. The van der Waals surface area contributed by atoms with Crippen LogP contribution in [-0.4, -0.2) is 16.7 Å². The molecule has 3 nitrogen and oxygen atoms in total. The average Bonchev–Trinajstić information content (AvgIpc) is 2.71. The molecule has 0 saturated heterocycles. The van der Waals surface area contributed by atoms with Gasteiger partial charge in [-0.2, -0.15) is 0 Å². The van der Waals surface area contributed by atoms with Crippen LogP contribution in [0.2, 0.25) is 0 Å². The maximum Gasteiger partial charge on any atom is 0.154 e. The second-order valence-electron chi connectivity index (χ2n) is 6.22. The van der Waals surface area contributed by atoms with Crippen LogP contribution >= 0.6 is 0 Å². The highest BCUT2D eigenvalue weighted by Gasteiger charge is 2.40. The van der Waals surface area contributed by atoms with E-state index in [-0.39, 0.29) is 11.7 Å². The van der Waals surface area contributed by atoms with Crippen molar-refractivity contribution in [3.05, 3.63) is 48.7 Å². The number of fused-ring (bicyclic) bond motifs is 1. The van der Waals surface area contributed by atoms with Crippen LogP contribution in [0.5, 0.6) is 0 Å². The Morgan fingerprint density at radius 2 is 1.70 bits per heavy atom. The molecular formula is C17H21N3. The summed E-state index contributed by atoms with van der Waals surface area (Å²) in [6.45, 7) is 8.93. The van der Waals surface area contributed by atoms with Gasteiger partial charge in [-0.25, -0.2) is 4.98 Å². The molecule has 3 rings (SSSR count). The lowest BCUT2D eigenvalue weighted by Gasteiger charge is -2.39. The van der Waals surface area contributed by atoms with E-state index in [1.807, 2.05) is 12.3 Å². The smallest absolute Gasteiger partial charge is 0.154 e. The molecule has 1 aliphatic rings. The van der Waals surface area contributed by atoms with Crippen LogP contribution in [0.1, 0.15) is 27.7 Å². The van der Waals surface area contributed by atoms with E-state index in [1.165, 1.54) is 11.4 Å². The molecule has 0 radical (unpaired) electrons. The molecule has 0 amide bonds. The van der Waals surface area contributed by atoms with E-state index in [1.54, 1.807) is 0 Å². The van der Waals surface area contributed by atoms with Crippen molar-refractivity contribution in [3.8, 4) is 0 Å². The quantitative estimate of drug-likeness (QED) is 0.772. The number of nitrogens with zero attached hydrogens (tertiary/aromatic N) is 3. The molecule has 0 saturated carbocycles. The zero-order chi connectivity index (χ0) is 14.3.